The summed E-state index contributed by atoms with van der Waals surface area (Å²) >= 11 is 0. The van der Waals surface area contributed by atoms with Gasteiger partial charge in [0.05, 0.1) is 35.9 Å². The molecule has 1 aromatic rings. The molecule has 28 heteroatoms. The van der Waals surface area contributed by atoms with Crippen molar-refractivity contribution in [3.8, 4) is 0 Å². The Balaban J connectivity index is 1.92. The van der Waals surface area contributed by atoms with Gasteiger partial charge in [-0.05, 0) is 142 Å². The highest BCUT2D eigenvalue weighted by molar-refractivity contribution is 5.89. The van der Waals surface area contributed by atoms with Crippen LogP contribution in [0.4, 0.5) is 24.0 Å². The lowest BCUT2D eigenvalue weighted by Crippen LogP contribution is -2.70. The maximum absolute atomic E-state index is 14.7. The molecule has 2 aliphatic heterocycles. The molecule has 6 unspecified atom stereocenters. The Morgan fingerprint density at radius 1 is 0.547 bits per heavy atom. The number of esters is 3. The molecule has 3 aliphatic rings. The first-order chi connectivity index (χ1) is 39.5. The summed E-state index contributed by atoms with van der Waals surface area (Å²) in [6.07, 6.45) is -20.7. The van der Waals surface area contributed by atoms with Crippen molar-refractivity contribution in [3.05, 3.63) is 35.9 Å². The van der Waals surface area contributed by atoms with Gasteiger partial charge in [0.2, 0.25) is 0 Å². The van der Waals surface area contributed by atoms with Crippen molar-refractivity contribution in [1.82, 2.24) is 31.9 Å². The molecule has 14 atom stereocenters. The van der Waals surface area contributed by atoms with E-state index in [1.807, 2.05) is 0 Å². The lowest BCUT2D eigenvalue weighted by atomic mass is 9.83. The maximum atomic E-state index is 14.7. The summed E-state index contributed by atoms with van der Waals surface area (Å²) < 4.78 is 71.3. The van der Waals surface area contributed by atoms with Gasteiger partial charge in [-0.1, -0.05) is 18.2 Å². The minimum atomic E-state index is -2.05. The highest BCUT2D eigenvalue weighted by atomic mass is 16.7. The molecule has 1 saturated carbocycles. The van der Waals surface area contributed by atoms with E-state index in [1.54, 1.807) is 122 Å². The second-order valence-electron chi connectivity index (χ2n) is 26.1. The molecule has 28 nitrogen and oxygen atoms in total. The van der Waals surface area contributed by atoms with E-state index in [1.165, 1.54) is 19.1 Å². The predicted octanol–water partition coefficient (Wildman–Crippen LogP) is 5.46. The van der Waals surface area contributed by atoms with E-state index in [2.05, 4.69) is 31.9 Å². The minimum absolute atomic E-state index is 0.117. The van der Waals surface area contributed by atoms with Crippen molar-refractivity contribution < 1.29 is 105 Å². The summed E-state index contributed by atoms with van der Waals surface area (Å²) in [4.78, 5) is 121. The van der Waals surface area contributed by atoms with Gasteiger partial charge < -0.3 is 93.8 Å². The Bertz CT molecular complexity index is 2480. The highest BCUT2D eigenvalue weighted by Crippen LogP contribution is 2.35. The van der Waals surface area contributed by atoms with Gasteiger partial charge >= 0.3 is 48.4 Å². The van der Waals surface area contributed by atoms with Crippen LogP contribution in [0, 0.1) is 0 Å². The van der Waals surface area contributed by atoms with Gasteiger partial charge in [-0.25, -0.2) is 28.8 Å². The van der Waals surface area contributed by atoms with Crippen LogP contribution >= 0.6 is 0 Å². The Hall–Kier alpha value is -6.75. The van der Waals surface area contributed by atoms with Gasteiger partial charge in [0.1, 0.15) is 52.4 Å². The van der Waals surface area contributed by atoms with E-state index < -0.39 is 174 Å². The number of hydrogen-bond acceptors (Lipinski definition) is 22. The zero-order valence-electron chi connectivity index (χ0n) is 52.7. The molecular formula is C58H92N6O22. The van der Waals surface area contributed by atoms with Crippen molar-refractivity contribution in [2.45, 2.75) is 264 Å². The first kappa shape index (κ1) is 71.7. The van der Waals surface area contributed by atoms with Gasteiger partial charge in [-0.2, -0.15) is 0 Å². The first-order valence-corrected chi connectivity index (χ1v) is 28.7. The van der Waals surface area contributed by atoms with Gasteiger partial charge in [-0.3, -0.25) is 14.4 Å². The number of amides is 6. The molecule has 2 saturated heterocycles. The molecular weight excluding hydrogens is 1130 g/mol. The molecule has 6 amide bonds. The normalized spacial score (nSPS) is 26.6. The molecule has 86 heavy (non-hydrogen) atoms. The number of benzene rings is 1. The van der Waals surface area contributed by atoms with Crippen LogP contribution in [0.5, 0.6) is 0 Å². The van der Waals surface area contributed by atoms with E-state index in [4.69, 9.17) is 56.8 Å². The molecule has 0 radical (unpaired) electrons. The lowest BCUT2D eigenvalue weighted by Gasteiger charge is -2.50. The molecule has 0 aromatic heterocycles. The average Bonchev–Trinajstić information content (AvgIpc) is 1.00. The second kappa shape index (κ2) is 30.2. The van der Waals surface area contributed by atoms with Crippen molar-refractivity contribution in [2.75, 3.05) is 13.1 Å². The number of hydrogen-bond donors (Lipinski definition) is 7. The predicted molar refractivity (Wildman–Crippen MR) is 304 cm³/mol. The van der Waals surface area contributed by atoms with Crippen molar-refractivity contribution >= 4 is 54.3 Å². The largest absolute Gasteiger partial charge is 0.455 e. The van der Waals surface area contributed by atoms with Gasteiger partial charge in [0, 0.05) is 33.4 Å². The quantitative estimate of drug-likeness (QED) is 0.0708. The summed E-state index contributed by atoms with van der Waals surface area (Å²) in [6, 6.07) is 2.40. The van der Waals surface area contributed by atoms with Crippen molar-refractivity contribution in [3.63, 3.8) is 0 Å². The second-order valence-corrected chi connectivity index (χ2v) is 26.1. The van der Waals surface area contributed by atoms with E-state index in [-0.39, 0.29) is 37.9 Å². The summed E-state index contributed by atoms with van der Waals surface area (Å²) in [7, 11) is 0. The lowest BCUT2D eigenvalue weighted by molar-refractivity contribution is -0.312. The van der Waals surface area contributed by atoms with Crippen LogP contribution in [-0.2, 0) is 71.2 Å². The van der Waals surface area contributed by atoms with E-state index in [0.717, 1.165) is 13.8 Å². The molecule has 7 N–H and O–H groups in total. The smallest absolute Gasteiger partial charge is 0.408 e. The van der Waals surface area contributed by atoms with Crippen LogP contribution in [0.25, 0.3) is 0 Å². The number of alkyl carbamates (subject to hydrolysis) is 5. The monoisotopic (exact) mass is 1220 g/mol. The van der Waals surface area contributed by atoms with Crippen LogP contribution in [0.3, 0.4) is 0 Å². The van der Waals surface area contributed by atoms with Crippen LogP contribution in [0.2, 0.25) is 0 Å². The molecule has 486 valence electrons. The molecule has 4 rings (SSSR count). The van der Waals surface area contributed by atoms with E-state index in [9.17, 15) is 48.3 Å². The summed E-state index contributed by atoms with van der Waals surface area (Å²) in [5.74, 6) is -3.68. The third-order valence-corrected chi connectivity index (χ3v) is 12.3. The zero-order chi connectivity index (χ0) is 64.9. The SMILES string of the molecule is CC(=O)OC1[C@H](O[C@H]2C(O)C(O[C@@H]3OC(CNC(=O)OC(C)(C)C)CCC3NC(=O)OC(C)(C)C)[C@@H](NC(=O)OC(C)(C)C)C[C@H]2NC(=O)[C@H](CCNC(=O)OC(C)(C)C)OC(C)=O)OC(C)[C@H](OC(=O)c2ccccc2)[C@@H]1NC(=O)OC(C)(C)C. The maximum Gasteiger partial charge on any atom is 0.408 e. The number of ether oxygens (including phenoxy) is 12. The Kier molecular flexibility index (Phi) is 25.2. The van der Waals surface area contributed by atoms with Gasteiger partial charge in [0.15, 0.2) is 30.9 Å². The van der Waals surface area contributed by atoms with Crippen LogP contribution in [0.15, 0.2) is 30.3 Å². The minimum Gasteiger partial charge on any atom is -0.455 e. The molecule has 0 spiro atoms. The fraction of sp³-hybridized carbons (Fsp3) is 0.741. The Morgan fingerprint density at radius 3 is 1.53 bits per heavy atom. The third-order valence-electron chi connectivity index (χ3n) is 12.3. The van der Waals surface area contributed by atoms with Gasteiger partial charge in [0.25, 0.3) is 5.91 Å². The topological polar surface area (TPSA) is 357 Å². The number of rotatable bonds is 18. The van der Waals surface area contributed by atoms with Crippen LogP contribution in [0.1, 0.15) is 161 Å². The number of carbonyl (C=O) groups excluding carboxylic acids is 9. The average molecular weight is 1230 g/mol. The van der Waals surface area contributed by atoms with Crippen molar-refractivity contribution in [1.29, 1.82) is 0 Å². The van der Waals surface area contributed by atoms with Crippen LogP contribution in [-0.4, -0.2) is 186 Å². The number of nitrogens with one attached hydrogen (secondary N) is 6. The molecule has 2 heterocycles. The summed E-state index contributed by atoms with van der Waals surface area (Å²) in [6.45, 7) is 27.8. The third kappa shape index (κ3) is 24.9. The van der Waals surface area contributed by atoms with Gasteiger partial charge in [-0.15, -0.1) is 0 Å². The zero-order valence-corrected chi connectivity index (χ0v) is 52.7. The fourth-order valence-corrected chi connectivity index (χ4v) is 9.17. The Labute approximate surface area is 502 Å². The molecule has 1 aromatic carbocycles. The summed E-state index contributed by atoms with van der Waals surface area (Å²) in [5, 5.41) is 29.2. The fourth-order valence-electron chi connectivity index (χ4n) is 9.17. The van der Waals surface area contributed by atoms with E-state index >= 15 is 0 Å². The standard InChI is InChI=1S/C58H92N6O22/c1-30-41(79-46(69)33-22-20-19-21-23-33)39(64-53(74)86-58(16,17)18)44(77-32(3)66)48(75-30)81-42-36(61-45(68)38(76-31(2)65)26-27-59-49(70)82-54(4,5)6)28-37(63-52(73)85-57(13,14)15)43(40(42)67)80-47-35(62-51(72)84-56(10,11)12)25-24-34(78-47)29-60-50(71)83-55(7,8)9/h19-23,30,34-44,47-48,67H,24-29H2,1-18H3,(H,59,70)(H,60,71)(H,61,68)(H,62,72)(H,63,73)(H,64,74)/t30?,34?,35?,36-,37+,38+,39+,40?,41+,42-,43?,44?,47+,48+/m1/s1. The molecule has 1 aliphatic carbocycles. The number of carbonyl (C=O) groups is 9. The molecule has 0 bridgehead atoms. The van der Waals surface area contributed by atoms with Crippen molar-refractivity contribution in [2.24, 2.45) is 0 Å². The van der Waals surface area contributed by atoms with Crippen LogP contribution < -0.4 is 31.9 Å². The molecule has 3 fully saturated rings. The summed E-state index contributed by atoms with van der Waals surface area (Å²) in [5.41, 5.74) is -4.73. The Morgan fingerprint density at radius 2 is 1.02 bits per heavy atom. The number of aliphatic hydroxyl groups is 1. The van der Waals surface area contributed by atoms with E-state index in [0.29, 0.717) is 0 Å². The highest BCUT2D eigenvalue weighted by Gasteiger charge is 2.56. The number of aliphatic hydroxyl groups excluding tert-OH is 1. The first-order valence-electron chi connectivity index (χ1n) is 28.7.